The Hall–Kier alpha value is -1.35. The van der Waals surface area contributed by atoms with Crippen LogP contribution in [0.1, 0.15) is 43.2 Å². The minimum Gasteiger partial charge on any atom is -0.369 e. The lowest BCUT2D eigenvalue weighted by Gasteiger charge is -2.13. The smallest absolute Gasteiger partial charge is 0.224 e. The van der Waals surface area contributed by atoms with Crippen LogP contribution in [0.5, 0.6) is 0 Å². The summed E-state index contributed by atoms with van der Waals surface area (Å²) in [6.45, 7) is 2.76. The molecule has 1 atom stereocenters. The highest BCUT2D eigenvalue weighted by molar-refractivity contribution is 5.81. The van der Waals surface area contributed by atoms with Gasteiger partial charge in [-0.05, 0) is 36.9 Å². The quantitative estimate of drug-likeness (QED) is 0.757. The van der Waals surface area contributed by atoms with Crippen LogP contribution in [-0.4, -0.2) is 12.5 Å². The number of nitrogens with two attached hydrogens (primary N) is 2. The third kappa shape index (κ3) is 4.19. The van der Waals surface area contributed by atoms with E-state index in [1.165, 1.54) is 5.56 Å². The summed E-state index contributed by atoms with van der Waals surface area (Å²) >= 11 is 0. The molecule has 4 N–H and O–H groups in total. The number of hydrogen-bond acceptors (Lipinski definition) is 2. The van der Waals surface area contributed by atoms with E-state index in [1.54, 1.807) is 0 Å². The number of rotatable bonds is 7. The second-order valence-electron chi connectivity index (χ2n) is 4.38. The Morgan fingerprint density at radius 2 is 2.18 bits per heavy atom. The Bertz CT molecular complexity index is 363. The molecule has 1 amide bonds. The molecule has 0 saturated carbocycles. The molecule has 0 radical (unpaired) electrons. The second kappa shape index (κ2) is 7.07. The van der Waals surface area contributed by atoms with Crippen LogP contribution in [0.15, 0.2) is 24.3 Å². The fraction of sp³-hybridized carbons (Fsp3) is 0.500. The summed E-state index contributed by atoms with van der Waals surface area (Å²) in [7, 11) is 0. The van der Waals surface area contributed by atoms with Crippen molar-refractivity contribution >= 4 is 5.91 Å². The predicted molar refractivity (Wildman–Crippen MR) is 70.7 cm³/mol. The Labute approximate surface area is 103 Å². The fourth-order valence-electron chi connectivity index (χ4n) is 2.03. The lowest BCUT2D eigenvalue weighted by atomic mass is 9.92. The van der Waals surface area contributed by atoms with Gasteiger partial charge in [0.15, 0.2) is 0 Å². The summed E-state index contributed by atoms with van der Waals surface area (Å²) in [5.74, 6) is -0.388. The van der Waals surface area contributed by atoms with Crippen molar-refractivity contribution < 1.29 is 4.79 Å². The molecule has 94 valence electrons. The van der Waals surface area contributed by atoms with Gasteiger partial charge in [0.2, 0.25) is 5.91 Å². The highest BCUT2D eigenvalue weighted by Gasteiger charge is 2.16. The van der Waals surface area contributed by atoms with Gasteiger partial charge in [-0.3, -0.25) is 4.79 Å². The summed E-state index contributed by atoms with van der Waals surface area (Å²) in [5.41, 5.74) is 13.2. The van der Waals surface area contributed by atoms with Gasteiger partial charge in [-0.15, -0.1) is 0 Å². The van der Waals surface area contributed by atoms with Gasteiger partial charge in [-0.1, -0.05) is 37.6 Å². The molecule has 0 bridgehead atoms. The first kappa shape index (κ1) is 13.7. The maximum Gasteiger partial charge on any atom is 0.224 e. The largest absolute Gasteiger partial charge is 0.369 e. The molecule has 1 unspecified atom stereocenters. The average Bonchev–Trinajstić information content (AvgIpc) is 2.33. The molecule has 0 saturated heterocycles. The lowest BCUT2D eigenvalue weighted by Crippen LogP contribution is -2.21. The maximum absolute atomic E-state index is 11.4. The average molecular weight is 234 g/mol. The van der Waals surface area contributed by atoms with Gasteiger partial charge in [0, 0.05) is 0 Å². The lowest BCUT2D eigenvalue weighted by molar-refractivity contribution is -0.119. The Morgan fingerprint density at radius 1 is 1.41 bits per heavy atom. The van der Waals surface area contributed by atoms with Gasteiger partial charge in [0.05, 0.1) is 5.92 Å². The number of hydrogen-bond donors (Lipinski definition) is 2. The molecule has 3 heteroatoms. The van der Waals surface area contributed by atoms with E-state index in [0.29, 0.717) is 6.54 Å². The van der Waals surface area contributed by atoms with Crippen molar-refractivity contribution in [1.82, 2.24) is 0 Å². The van der Waals surface area contributed by atoms with Crippen LogP contribution in [0.3, 0.4) is 0 Å². The summed E-state index contributed by atoms with van der Waals surface area (Å²) in [5, 5.41) is 0. The van der Waals surface area contributed by atoms with E-state index in [0.717, 1.165) is 31.2 Å². The van der Waals surface area contributed by atoms with Crippen molar-refractivity contribution in [1.29, 1.82) is 0 Å². The van der Waals surface area contributed by atoms with E-state index < -0.39 is 0 Å². The molecule has 0 aliphatic heterocycles. The summed E-state index contributed by atoms with van der Waals surface area (Å²) in [6.07, 6.45) is 3.71. The van der Waals surface area contributed by atoms with Crippen molar-refractivity contribution in [3.63, 3.8) is 0 Å². The van der Waals surface area contributed by atoms with Gasteiger partial charge < -0.3 is 11.5 Å². The molecule has 17 heavy (non-hydrogen) atoms. The number of amides is 1. The molecule has 0 spiro atoms. The van der Waals surface area contributed by atoms with Crippen molar-refractivity contribution in [2.75, 3.05) is 6.54 Å². The van der Waals surface area contributed by atoms with Gasteiger partial charge in [-0.25, -0.2) is 0 Å². The van der Waals surface area contributed by atoms with E-state index >= 15 is 0 Å². The number of primary amides is 1. The van der Waals surface area contributed by atoms with Crippen molar-refractivity contribution in [2.24, 2.45) is 11.5 Å². The second-order valence-corrected chi connectivity index (χ2v) is 4.38. The molecule has 0 aliphatic carbocycles. The van der Waals surface area contributed by atoms with Crippen LogP contribution >= 0.6 is 0 Å². The Morgan fingerprint density at radius 3 is 2.76 bits per heavy atom. The van der Waals surface area contributed by atoms with E-state index in [1.807, 2.05) is 12.1 Å². The van der Waals surface area contributed by atoms with Gasteiger partial charge in [0.1, 0.15) is 0 Å². The standard InChI is InChI=1S/C14H22N2O/c1-2-5-13(14(16)17)12-8-3-6-11(10-12)7-4-9-15/h3,6,8,10,13H,2,4-5,7,9,15H2,1H3,(H2,16,17). The maximum atomic E-state index is 11.4. The number of benzene rings is 1. The van der Waals surface area contributed by atoms with Crippen molar-refractivity contribution in [3.05, 3.63) is 35.4 Å². The van der Waals surface area contributed by atoms with Crippen LogP contribution in [-0.2, 0) is 11.2 Å². The normalized spacial score (nSPS) is 12.4. The number of carbonyl (C=O) groups is 1. The SMILES string of the molecule is CCCC(C(N)=O)c1cccc(CCCN)c1. The molecule has 3 nitrogen and oxygen atoms in total. The first-order valence-electron chi connectivity index (χ1n) is 6.27. The predicted octanol–water partition coefficient (Wildman–Crippen LogP) is 1.95. The third-order valence-corrected chi connectivity index (χ3v) is 2.94. The molecule has 0 fully saturated rings. The Kier molecular flexibility index (Phi) is 5.70. The topological polar surface area (TPSA) is 69.1 Å². The first-order chi connectivity index (χ1) is 8.19. The molecular formula is C14H22N2O. The fourth-order valence-corrected chi connectivity index (χ4v) is 2.03. The minimum atomic E-state index is -0.233. The van der Waals surface area contributed by atoms with Gasteiger partial charge in [-0.2, -0.15) is 0 Å². The van der Waals surface area contributed by atoms with Crippen LogP contribution in [0.25, 0.3) is 0 Å². The van der Waals surface area contributed by atoms with E-state index in [4.69, 9.17) is 11.5 Å². The monoisotopic (exact) mass is 234 g/mol. The molecule has 1 aromatic rings. The highest BCUT2D eigenvalue weighted by Crippen LogP contribution is 2.22. The van der Waals surface area contributed by atoms with Crippen LogP contribution in [0.4, 0.5) is 0 Å². The van der Waals surface area contributed by atoms with Crippen LogP contribution in [0.2, 0.25) is 0 Å². The number of carbonyl (C=O) groups excluding carboxylic acids is 1. The zero-order valence-electron chi connectivity index (χ0n) is 10.5. The molecule has 0 aliphatic rings. The van der Waals surface area contributed by atoms with Gasteiger partial charge in [0.25, 0.3) is 0 Å². The molecule has 0 aromatic heterocycles. The van der Waals surface area contributed by atoms with Crippen LogP contribution in [0, 0.1) is 0 Å². The van der Waals surface area contributed by atoms with Crippen LogP contribution < -0.4 is 11.5 Å². The van der Waals surface area contributed by atoms with Crippen molar-refractivity contribution in [2.45, 2.75) is 38.5 Å². The number of aryl methyl sites for hydroxylation is 1. The molecular weight excluding hydrogens is 212 g/mol. The Balaban J connectivity index is 2.83. The minimum absolute atomic E-state index is 0.155. The molecule has 0 heterocycles. The summed E-state index contributed by atoms with van der Waals surface area (Å²) in [4.78, 5) is 11.4. The summed E-state index contributed by atoms with van der Waals surface area (Å²) in [6, 6.07) is 8.13. The first-order valence-corrected chi connectivity index (χ1v) is 6.27. The zero-order valence-corrected chi connectivity index (χ0v) is 10.5. The molecule has 1 aromatic carbocycles. The van der Waals surface area contributed by atoms with E-state index in [9.17, 15) is 4.79 Å². The van der Waals surface area contributed by atoms with Crippen molar-refractivity contribution in [3.8, 4) is 0 Å². The van der Waals surface area contributed by atoms with Gasteiger partial charge >= 0.3 is 0 Å². The van der Waals surface area contributed by atoms with E-state index in [-0.39, 0.29) is 11.8 Å². The molecule has 1 rings (SSSR count). The third-order valence-electron chi connectivity index (χ3n) is 2.94. The summed E-state index contributed by atoms with van der Waals surface area (Å²) < 4.78 is 0. The van der Waals surface area contributed by atoms with E-state index in [2.05, 4.69) is 19.1 Å². The highest BCUT2D eigenvalue weighted by atomic mass is 16.1. The zero-order chi connectivity index (χ0) is 12.7.